The van der Waals surface area contributed by atoms with E-state index >= 15 is 0 Å². The first-order valence-electron chi connectivity index (χ1n) is 19.6. The van der Waals surface area contributed by atoms with Crippen LogP contribution in [0.4, 0.5) is 0 Å². The molecule has 0 aliphatic heterocycles. The van der Waals surface area contributed by atoms with Gasteiger partial charge >= 0.3 is 11.9 Å². The maximum absolute atomic E-state index is 12.7. The second-order valence-electron chi connectivity index (χ2n) is 13.3. The zero-order valence-electron chi connectivity index (χ0n) is 30.7. The lowest BCUT2D eigenvalue weighted by Crippen LogP contribution is -2.30. The highest BCUT2D eigenvalue weighted by Gasteiger charge is 2.14. The Kier molecular flexibility index (Phi) is 34.8. The predicted octanol–water partition coefficient (Wildman–Crippen LogP) is 11.0. The van der Waals surface area contributed by atoms with E-state index < -0.39 is 0 Å². The van der Waals surface area contributed by atoms with Gasteiger partial charge in [-0.25, -0.2) is 0 Å². The molecule has 0 N–H and O–H groups in total. The molecule has 268 valence electrons. The van der Waals surface area contributed by atoms with Gasteiger partial charge in [-0.3, -0.25) is 9.59 Å². The molecule has 0 saturated heterocycles. The minimum atomic E-state index is -0.0631. The molecule has 0 bridgehead atoms. The van der Waals surface area contributed by atoms with E-state index in [-0.39, 0.29) is 18.0 Å². The Morgan fingerprint density at radius 2 is 0.956 bits per heavy atom. The highest BCUT2D eigenvalue weighted by atomic mass is 16.5. The number of nitrogens with zero attached hydrogens (tertiary/aromatic N) is 1. The van der Waals surface area contributed by atoms with Crippen LogP contribution in [-0.2, 0) is 23.8 Å². The van der Waals surface area contributed by atoms with Crippen molar-refractivity contribution in [3.63, 3.8) is 0 Å². The summed E-state index contributed by atoms with van der Waals surface area (Å²) in [7, 11) is 1.74. The van der Waals surface area contributed by atoms with E-state index in [4.69, 9.17) is 14.2 Å². The highest BCUT2D eigenvalue weighted by Crippen LogP contribution is 2.18. The van der Waals surface area contributed by atoms with Gasteiger partial charge < -0.3 is 19.1 Å². The number of esters is 2. The Labute approximate surface area is 280 Å². The van der Waals surface area contributed by atoms with Crippen molar-refractivity contribution in [1.82, 2.24) is 4.90 Å². The first-order valence-corrected chi connectivity index (χ1v) is 19.6. The van der Waals surface area contributed by atoms with Crippen molar-refractivity contribution >= 4 is 11.9 Å². The van der Waals surface area contributed by atoms with Gasteiger partial charge in [-0.1, -0.05) is 130 Å². The van der Waals surface area contributed by atoms with E-state index in [9.17, 15) is 9.59 Å². The van der Waals surface area contributed by atoms with Gasteiger partial charge in [0, 0.05) is 26.5 Å². The summed E-state index contributed by atoms with van der Waals surface area (Å²) in [6, 6.07) is 0. The molecule has 6 nitrogen and oxygen atoms in total. The summed E-state index contributed by atoms with van der Waals surface area (Å²) in [5.74, 6) is -0.0513. The number of methoxy groups -OCH3 is 1. The third kappa shape index (κ3) is 32.6. The van der Waals surface area contributed by atoms with Crippen molar-refractivity contribution in [1.29, 1.82) is 0 Å². The molecule has 0 rings (SSSR count). The van der Waals surface area contributed by atoms with Crippen LogP contribution in [0.1, 0.15) is 194 Å². The lowest BCUT2D eigenvalue weighted by molar-refractivity contribution is -0.150. The van der Waals surface area contributed by atoms with E-state index in [0.29, 0.717) is 26.1 Å². The number of hydrogen-bond donors (Lipinski definition) is 0. The van der Waals surface area contributed by atoms with Gasteiger partial charge in [0.2, 0.25) is 0 Å². The van der Waals surface area contributed by atoms with Crippen LogP contribution in [-0.4, -0.2) is 62.9 Å². The summed E-state index contributed by atoms with van der Waals surface area (Å²) in [5.41, 5.74) is 0. The summed E-state index contributed by atoms with van der Waals surface area (Å²) in [4.78, 5) is 27.2. The van der Waals surface area contributed by atoms with Gasteiger partial charge in [-0.05, 0) is 64.5 Å². The molecule has 6 heteroatoms. The smallest absolute Gasteiger partial charge is 0.306 e. The van der Waals surface area contributed by atoms with Crippen molar-refractivity contribution in [2.75, 3.05) is 40.0 Å². The second kappa shape index (κ2) is 35.7. The van der Waals surface area contributed by atoms with Crippen LogP contribution in [0.2, 0.25) is 0 Å². The molecule has 0 aromatic heterocycles. The number of hydrogen-bond acceptors (Lipinski definition) is 6. The second-order valence-corrected chi connectivity index (χ2v) is 13.3. The van der Waals surface area contributed by atoms with Gasteiger partial charge in [0.25, 0.3) is 0 Å². The Hall–Kier alpha value is -1.14. The van der Waals surface area contributed by atoms with Gasteiger partial charge in [0.15, 0.2) is 0 Å². The highest BCUT2D eigenvalue weighted by molar-refractivity contribution is 5.69. The fourth-order valence-electron chi connectivity index (χ4n) is 5.91. The van der Waals surface area contributed by atoms with Crippen molar-refractivity contribution in [3.05, 3.63) is 0 Å². The summed E-state index contributed by atoms with van der Waals surface area (Å²) in [6.45, 7) is 10.8. The molecule has 0 aliphatic rings. The average molecular weight is 640 g/mol. The monoisotopic (exact) mass is 640 g/mol. The van der Waals surface area contributed by atoms with E-state index in [1.807, 2.05) is 0 Å². The average Bonchev–Trinajstić information content (AvgIpc) is 3.03. The molecule has 0 aliphatic carbocycles. The zero-order valence-corrected chi connectivity index (χ0v) is 30.7. The normalized spacial score (nSPS) is 11.5. The minimum absolute atomic E-state index is 0.0118. The number of ether oxygens (including phenoxy) is 3. The fourth-order valence-corrected chi connectivity index (χ4v) is 5.91. The Balaban J connectivity index is 4.15. The zero-order chi connectivity index (χ0) is 33.1. The molecule has 0 spiro atoms. The fraction of sp³-hybridized carbons (Fsp3) is 0.949. The van der Waals surface area contributed by atoms with Crippen LogP contribution in [0, 0.1) is 0 Å². The van der Waals surface area contributed by atoms with E-state index in [1.165, 1.54) is 96.3 Å². The molecular weight excluding hydrogens is 562 g/mol. The van der Waals surface area contributed by atoms with Crippen LogP contribution in [0.3, 0.4) is 0 Å². The van der Waals surface area contributed by atoms with E-state index in [2.05, 4.69) is 25.7 Å². The van der Waals surface area contributed by atoms with Crippen molar-refractivity contribution in [3.8, 4) is 0 Å². The van der Waals surface area contributed by atoms with Gasteiger partial charge in [-0.15, -0.1) is 0 Å². The summed E-state index contributed by atoms with van der Waals surface area (Å²) >= 11 is 0. The van der Waals surface area contributed by atoms with Crippen LogP contribution in [0.25, 0.3) is 0 Å². The Morgan fingerprint density at radius 3 is 1.53 bits per heavy atom. The first-order chi connectivity index (χ1) is 22.1. The summed E-state index contributed by atoms with van der Waals surface area (Å²) < 4.78 is 16.7. The first kappa shape index (κ1) is 43.9. The van der Waals surface area contributed by atoms with Crippen LogP contribution in [0.5, 0.6) is 0 Å². The Bertz CT molecular complexity index is 613. The van der Waals surface area contributed by atoms with Crippen LogP contribution in [0.15, 0.2) is 0 Å². The molecule has 0 saturated carbocycles. The van der Waals surface area contributed by atoms with Gasteiger partial charge in [-0.2, -0.15) is 0 Å². The molecule has 0 aromatic carbocycles. The van der Waals surface area contributed by atoms with E-state index in [1.54, 1.807) is 7.11 Å². The molecule has 0 radical (unpaired) electrons. The lowest BCUT2D eigenvalue weighted by atomic mass is 10.0. The van der Waals surface area contributed by atoms with Crippen LogP contribution >= 0.6 is 0 Å². The molecule has 45 heavy (non-hydrogen) atoms. The SMILES string of the molecule is CCCCCCCCC(CCCCCCCC)OC(=O)CCCCCCCN(CCCC(=O)OCCCCCCC)CCOC. The maximum atomic E-state index is 12.7. The molecule has 0 heterocycles. The van der Waals surface area contributed by atoms with Gasteiger partial charge in [0.05, 0.1) is 13.2 Å². The number of rotatable bonds is 36. The standard InChI is InChI=1S/C39H77NO5/c1-5-8-11-14-17-22-28-37(29-23-18-15-12-9-6-2)45-39(42)30-24-19-16-20-25-32-40(34-36-43-4)33-27-31-38(41)44-35-26-21-13-10-7-3/h37H,5-36H2,1-4H3. The number of carbonyl (C=O) groups excluding carboxylic acids is 2. The van der Waals surface area contributed by atoms with Gasteiger partial charge in [0.1, 0.15) is 6.10 Å². The molecule has 0 fully saturated rings. The van der Waals surface area contributed by atoms with Crippen LogP contribution < -0.4 is 0 Å². The van der Waals surface area contributed by atoms with E-state index in [0.717, 1.165) is 83.8 Å². The number of carbonyl (C=O) groups is 2. The quantitative estimate of drug-likeness (QED) is 0.0502. The molecule has 0 amide bonds. The molecule has 0 atom stereocenters. The molecular formula is C39H77NO5. The summed E-state index contributed by atoms with van der Waals surface area (Å²) in [6.07, 6.45) is 30.8. The summed E-state index contributed by atoms with van der Waals surface area (Å²) in [5, 5.41) is 0. The minimum Gasteiger partial charge on any atom is -0.466 e. The Morgan fingerprint density at radius 1 is 0.489 bits per heavy atom. The largest absolute Gasteiger partial charge is 0.466 e. The molecule has 0 unspecified atom stereocenters. The molecule has 0 aromatic rings. The maximum Gasteiger partial charge on any atom is 0.306 e. The third-order valence-electron chi connectivity index (χ3n) is 8.89. The number of unbranched alkanes of at least 4 members (excludes halogenated alkanes) is 18. The topological polar surface area (TPSA) is 65.1 Å². The van der Waals surface area contributed by atoms with Crippen molar-refractivity contribution < 1.29 is 23.8 Å². The van der Waals surface area contributed by atoms with Crippen molar-refractivity contribution in [2.24, 2.45) is 0 Å². The third-order valence-corrected chi connectivity index (χ3v) is 8.89. The lowest BCUT2D eigenvalue weighted by Gasteiger charge is -2.21. The predicted molar refractivity (Wildman–Crippen MR) is 191 cm³/mol. The van der Waals surface area contributed by atoms with Crippen molar-refractivity contribution in [2.45, 2.75) is 200 Å².